The molecule has 3 rings (SSSR count). The monoisotopic (exact) mass is 409 g/mol. The van der Waals surface area contributed by atoms with E-state index in [1.165, 1.54) is 7.11 Å². The molecule has 2 heterocycles. The predicted octanol–water partition coefficient (Wildman–Crippen LogP) is 2.84. The summed E-state index contributed by atoms with van der Waals surface area (Å²) in [6, 6.07) is 6.73. The Hall–Kier alpha value is -3.30. The van der Waals surface area contributed by atoms with Crippen LogP contribution in [0.1, 0.15) is 18.1 Å². The lowest BCUT2D eigenvalue weighted by molar-refractivity contribution is -0.144. The van der Waals surface area contributed by atoms with Crippen LogP contribution in [0.4, 0.5) is 13.2 Å². The van der Waals surface area contributed by atoms with Crippen LogP contribution in [0.5, 0.6) is 5.75 Å². The molecule has 0 aliphatic rings. The Labute approximate surface area is 163 Å². The zero-order valence-electron chi connectivity index (χ0n) is 15.7. The predicted molar refractivity (Wildman–Crippen MR) is 97.7 cm³/mol. The van der Waals surface area contributed by atoms with Crippen molar-refractivity contribution < 1.29 is 27.4 Å². The van der Waals surface area contributed by atoms with E-state index in [9.17, 15) is 22.8 Å². The smallest absolute Gasteiger partial charge is 0.418 e. The first-order valence-electron chi connectivity index (χ1n) is 8.69. The van der Waals surface area contributed by atoms with Crippen molar-refractivity contribution in [2.24, 2.45) is 0 Å². The topological polar surface area (TPSA) is 75.3 Å². The van der Waals surface area contributed by atoms with Crippen LogP contribution in [0.2, 0.25) is 0 Å². The number of carbonyl (C=O) groups is 1. The van der Waals surface area contributed by atoms with Crippen LogP contribution in [0, 0.1) is 0 Å². The zero-order chi connectivity index (χ0) is 21.2. The highest BCUT2D eigenvalue weighted by Crippen LogP contribution is 2.34. The SMILES string of the molecule is CCOC(=O)Cn1cc(C(F)(F)F)c2c(=O)n(Cc3ccc(OC)cc3)ncc21. The zero-order valence-corrected chi connectivity index (χ0v) is 15.7. The highest BCUT2D eigenvalue weighted by molar-refractivity contribution is 5.84. The second kappa shape index (κ2) is 7.98. The molecule has 0 spiro atoms. The molecular formula is C19H18F3N3O4. The standard InChI is InChI=1S/C19H18F3N3O4/c1-3-29-16(26)11-24-10-14(19(20,21)22)17-15(24)8-23-25(18(17)27)9-12-4-6-13(28-2)7-5-12/h4-8,10H,3,9,11H2,1-2H3. The maximum atomic E-state index is 13.5. The van der Waals surface area contributed by atoms with Crippen molar-refractivity contribution in [1.29, 1.82) is 0 Å². The maximum absolute atomic E-state index is 13.5. The molecule has 10 heteroatoms. The first-order chi connectivity index (χ1) is 13.7. The number of benzene rings is 1. The van der Waals surface area contributed by atoms with E-state index in [1.54, 1.807) is 31.2 Å². The maximum Gasteiger partial charge on any atom is 0.418 e. The number of rotatable bonds is 6. The average Bonchev–Trinajstić information content (AvgIpc) is 3.04. The van der Waals surface area contributed by atoms with Gasteiger partial charge in [0.15, 0.2) is 0 Å². The van der Waals surface area contributed by atoms with Crippen molar-refractivity contribution in [1.82, 2.24) is 14.3 Å². The van der Waals surface area contributed by atoms with Crippen molar-refractivity contribution in [2.75, 3.05) is 13.7 Å². The molecule has 29 heavy (non-hydrogen) atoms. The number of hydrogen-bond acceptors (Lipinski definition) is 5. The van der Waals surface area contributed by atoms with E-state index in [-0.39, 0.29) is 18.7 Å². The second-order valence-electron chi connectivity index (χ2n) is 6.19. The van der Waals surface area contributed by atoms with Gasteiger partial charge >= 0.3 is 12.1 Å². The Kier molecular flexibility index (Phi) is 5.62. The number of nitrogens with zero attached hydrogens (tertiary/aromatic N) is 3. The molecule has 0 N–H and O–H groups in total. The molecular weight excluding hydrogens is 391 g/mol. The minimum atomic E-state index is -4.77. The molecule has 154 valence electrons. The van der Waals surface area contributed by atoms with Crippen LogP contribution < -0.4 is 10.3 Å². The van der Waals surface area contributed by atoms with Gasteiger partial charge in [0.05, 0.1) is 42.9 Å². The van der Waals surface area contributed by atoms with E-state index in [4.69, 9.17) is 9.47 Å². The summed E-state index contributed by atoms with van der Waals surface area (Å²) >= 11 is 0. The lowest BCUT2D eigenvalue weighted by Gasteiger charge is -2.08. The molecule has 0 saturated carbocycles. The summed E-state index contributed by atoms with van der Waals surface area (Å²) < 4.78 is 52.4. The molecule has 0 aliphatic carbocycles. The van der Waals surface area contributed by atoms with Crippen molar-refractivity contribution >= 4 is 16.9 Å². The van der Waals surface area contributed by atoms with Crippen molar-refractivity contribution in [2.45, 2.75) is 26.2 Å². The number of methoxy groups -OCH3 is 1. The fourth-order valence-corrected chi connectivity index (χ4v) is 2.95. The molecule has 0 atom stereocenters. The molecule has 3 aromatic rings. The molecule has 7 nitrogen and oxygen atoms in total. The van der Waals surface area contributed by atoms with Gasteiger partial charge in [-0.1, -0.05) is 12.1 Å². The summed E-state index contributed by atoms with van der Waals surface area (Å²) in [6.07, 6.45) is -2.88. The Morgan fingerprint density at radius 2 is 1.90 bits per heavy atom. The van der Waals surface area contributed by atoms with Gasteiger partial charge in [-0.15, -0.1) is 0 Å². The third kappa shape index (κ3) is 4.25. The third-order valence-corrected chi connectivity index (χ3v) is 4.29. The van der Waals surface area contributed by atoms with Crippen molar-refractivity contribution in [3.63, 3.8) is 0 Å². The number of fused-ring (bicyclic) bond motifs is 1. The van der Waals surface area contributed by atoms with Gasteiger partial charge in [-0.2, -0.15) is 18.3 Å². The van der Waals surface area contributed by atoms with E-state index >= 15 is 0 Å². The van der Waals surface area contributed by atoms with E-state index < -0.39 is 35.2 Å². The minimum Gasteiger partial charge on any atom is -0.497 e. The Morgan fingerprint density at radius 3 is 2.48 bits per heavy atom. The van der Waals surface area contributed by atoms with Crippen LogP contribution in [-0.4, -0.2) is 34.0 Å². The minimum absolute atomic E-state index is 0.0148. The summed E-state index contributed by atoms with van der Waals surface area (Å²) in [4.78, 5) is 24.5. The van der Waals surface area contributed by atoms with E-state index in [0.29, 0.717) is 11.3 Å². The van der Waals surface area contributed by atoms with Gasteiger partial charge in [0.2, 0.25) is 0 Å². The first-order valence-corrected chi connectivity index (χ1v) is 8.69. The molecule has 1 aromatic carbocycles. The van der Waals surface area contributed by atoms with Crippen LogP contribution in [0.3, 0.4) is 0 Å². The van der Waals surface area contributed by atoms with E-state index in [0.717, 1.165) is 21.6 Å². The largest absolute Gasteiger partial charge is 0.497 e. The molecule has 0 aliphatic heterocycles. The lowest BCUT2D eigenvalue weighted by Crippen LogP contribution is -2.25. The normalized spacial score (nSPS) is 11.6. The number of aromatic nitrogens is 3. The fraction of sp³-hybridized carbons (Fsp3) is 0.316. The Morgan fingerprint density at radius 1 is 1.21 bits per heavy atom. The first kappa shape index (κ1) is 20.4. The highest BCUT2D eigenvalue weighted by atomic mass is 19.4. The molecule has 0 fully saturated rings. The summed E-state index contributed by atoms with van der Waals surface area (Å²) in [5.74, 6) is -0.0968. The lowest BCUT2D eigenvalue weighted by atomic mass is 10.2. The van der Waals surface area contributed by atoms with Gasteiger partial charge in [-0.05, 0) is 24.6 Å². The van der Waals surface area contributed by atoms with Crippen LogP contribution in [-0.2, 0) is 28.8 Å². The van der Waals surface area contributed by atoms with E-state index in [1.807, 2.05) is 0 Å². The van der Waals surface area contributed by atoms with Crippen LogP contribution in [0.25, 0.3) is 10.9 Å². The molecule has 2 aromatic heterocycles. The van der Waals surface area contributed by atoms with Gasteiger partial charge < -0.3 is 14.0 Å². The van der Waals surface area contributed by atoms with Gasteiger partial charge in [0.25, 0.3) is 5.56 Å². The van der Waals surface area contributed by atoms with Crippen molar-refractivity contribution in [3.8, 4) is 5.75 Å². The van der Waals surface area contributed by atoms with Crippen molar-refractivity contribution in [3.05, 3.63) is 58.1 Å². The van der Waals surface area contributed by atoms with Gasteiger partial charge in [-0.25, -0.2) is 4.68 Å². The fourth-order valence-electron chi connectivity index (χ4n) is 2.95. The summed E-state index contributed by atoms with van der Waals surface area (Å²) in [5.41, 5.74) is -1.43. The van der Waals surface area contributed by atoms with Gasteiger partial charge in [0, 0.05) is 6.20 Å². The molecule has 0 amide bonds. The number of alkyl halides is 3. The van der Waals surface area contributed by atoms with Gasteiger partial charge in [-0.3, -0.25) is 9.59 Å². The molecule has 0 bridgehead atoms. The summed E-state index contributed by atoms with van der Waals surface area (Å²) in [5, 5.41) is 3.45. The number of carbonyl (C=O) groups excluding carboxylic acids is 1. The quantitative estimate of drug-likeness (QED) is 0.586. The number of halogens is 3. The van der Waals surface area contributed by atoms with Crippen LogP contribution >= 0.6 is 0 Å². The Balaban J connectivity index is 2.07. The van der Waals surface area contributed by atoms with Gasteiger partial charge in [0.1, 0.15) is 12.3 Å². The second-order valence-corrected chi connectivity index (χ2v) is 6.19. The summed E-state index contributed by atoms with van der Waals surface area (Å²) in [6.45, 7) is 1.21. The van der Waals surface area contributed by atoms with Crippen LogP contribution in [0.15, 0.2) is 41.5 Å². The highest BCUT2D eigenvalue weighted by Gasteiger charge is 2.36. The number of esters is 1. The molecule has 0 saturated heterocycles. The third-order valence-electron chi connectivity index (χ3n) is 4.29. The average molecular weight is 409 g/mol. The molecule has 0 unspecified atom stereocenters. The number of hydrogen-bond donors (Lipinski definition) is 0. The molecule has 0 radical (unpaired) electrons. The number of ether oxygens (including phenoxy) is 2. The Bertz CT molecular complexity index is 1090. The van der Waals surface area contributed by atoms with E-state index in [2.05, 4.69) is 5.10 Å². The summed E-state index contributed by atoms with van der Waals surface area (Å²) in [7, 11) is 1.51.